The Kier molecular flexibility index (Phi) is 5.60. The monoisotopic (exact) mass is 552 g/mol. The maximum atomic E-state index is 12.0. The van der Waals surface area contributed by atoms with Crippen molar-refractivity contribution in [1.82, 2.24) is 19.9 Å². The van der Waals surface area contributed by atoms with Gasteiger partial charge >= 0.3 is 5.97 Å². The lowest BCUT2D eigenvalue weighted by molar-refractivity contribution is 0.0600. The maximum absolute atomic E-state index is 12.0. The molecule has 6 rings (SSSR count). The quantitative estimate of drug-likeness (QED) is 0.226. The van der Waals surface area contributed by atoms with E-state index in [1.54, 1.807) is 12.1 Å². The second-order valence-corrected chi connectivity index (χ2v) is 10.8. The van der Waals surface area contributed by atoms with Gasteiger partial charge in [0.2, 0.25) is 0 Å². The number of benzene rings is 1. The topological polar surface area (TPSA) is 83.7 Å². The Balaban J connectivity index is 1.67. The summed E-state index contributed by atoms with van der Waals surface area (Å²) in [4.78, 5) is 29.0. The summed E-state index contributed by atoms with van der Waals surface area (Å²) in [6.45, 7) is 4.45. The molecule has 0 spiro atoms. The molecule has 0 fully saturated rings. The molecule has 8 bridgehead atoms. The summed E-state index contributed by atoms with van der Waals surface area (Å²) in [5.41, 5.74) is 9.90. The highest BCUT2D eigenvalue weighted by Crippen LogP contribution is 2.34. The Bertz CT molecular complexity index is 1740. The molecule has 6 nitrogen and oxygen atoms in total. The zero-order valence-corrected chi connectivity index (χ0v) is 22.3. The normalized spacial score (nSPS) is 14.1. The molecule has 0 amide bonds. The predicted molar refractivity (Wildman–Crippen MR) is 151 cm³/mol. The van der Waals surface area contributed by atoms with Crippen molar-refractivity contribution >= 4 is 56.1 Å². The molecule has 0 radical (unpaired) electrons. The van der Waals surface area contributed by atoms with Crippen molar-refractivity contribution in [2.45, 2.75) is 25.7 Å². The molecule has 5 heterocycles. The average Bonchev–Trinajstić information content (AvgIpc) is 3.64. The lowest BCUT2D eigenvalue weighted by Gasteiger charge is -2.15. The molecule has 3 aromatic heterocycles. The zero-order chi connectivity index (χ0) is 25.7. The summed E-state index contributed by atoms with van der Waals surface area (Å²) in [5.74, 6) is -0.364. The number of hydrogen-bond donors (Lipinski definition) is 2. The van der Waals surface area contributed by atoms with Gasteiger partial charge < -0.3 is 14.7 Å². The summed E-state index contributed by atoms with van der Waals surface area (Å²) in [5, 5.41) is 0. The van der Waals surface area contributed by atoms with Crippen LogP contribution in [0.5, 0.6) is 0 Å². The van der Waals surface area contributed by atoms with Crippen molar-refractivity contribution in [3.05, 3.63) is 93.5 Å². The van der Waals surface area contributed by atoms with Crippen molar-refractivity contribution in [3.8, 4) is 11.1 Å². The van der Waals surface area contributed by atoms with E-state index in [4.69, 9.17) is 14.7 Å². The number of methoxy groups -OCH3 is 1. The zero-order valence-electron chi connectivity index (χ0n) is 20.7. The largest absolute Gasteiger partial charge is 0.465 e. The van der Waals surface area contributed by atoms with E-state index >= 15 is 0 Å². The van der Waals surface area contributed by atoms with Crippen molar-refractivity contribution in [2.24, 2.45) is 0 Å². The highest BCUT2D eigenvalue weighted by molar-refractivity contribution is 9.10. The van der Waals surface area contributed by atoms with Gasteiger partial charge in [0.25, 0.3) is 0 Å². The van der Waals surface area contributed by atoms with Crippen LogP contribution in [0.2, 0.25) is 0 Å². The summed E-state index contributed by atoms with van der Waals surface area (Å²) in [6.07, 6.45) is 4.88. The van der Waals surface area contributed by atoms with Crippen molar-refractivity contribution < 1.29 is 9.53 Å². The minimum Gasteiger partial charge on any atom is -0.465 e. The average molecular weight is 553 g/mol. The molecule has 4 aromatic rings. The summed E-state index contributed by atoms with van der Waals surface area (Å²) >= 11 is 3.75. The first-order valence-electron chi connectivity index (χ1n) is 12.1. The summed E-state index contributed by atoms with van der Waals surface area (Å²) in [7, 11) is 1.38. The van der Waals surface area contributed by atoms with E-state index < -0.39 is 0 Å². The molecule has 0 unspecified atom stereocenters. The minimum absolute atomic E-state index is 0.0723. The molecule has 2 aliphatic heterocycles. The molecule has 0 saturated heterocycles. The maximum Gasteiger partial charge on any atom is 0.337 e. The lowest BCUT2D eigenvalue weighted by atomic mass is 9.87. The number of H-pyrrole nitrogens is 2. The van der Waals surface area contributed by atoms with Crippen LogP contribution in [-0.2, 0) is 16.6 Å². The van der Waals surface area contributed by atoms with Gasteiger partial charge in [0.15, 0.2) is 0 Å². The summed E-state index contributed by atoms with van der Waals surface area (Å²) < 4.78 is 5.82. The van der Waals surface area contributed by atoms with Gasteiger partial charge in [-0.15, -0.1) is 0 Å². The van der Waals surface area contributed by atoms with Crippen LogP contribution in [0.3, 0.4) is 0 Å². The molecular formula is C30H25BrN4O2. The van der Waals surface area contributed by atoms with Crippen LogP contribution in [0, 0.1) is 0 Å². The molecule has 0 saturated carbocycles. The number of nitrogens with one attached hydrogen (secondary N) is 2. The Morgan fingerprint density at radius 3 is 2.43 bits per heavy atom. The molecule has 7 heteroatoms. The number of aromatic amines is 2. The smallest absolute Gasteiger partial charge is 0.337 e. The van der Waals surface area contributed by atoms with E-state index in [0.29, 0.717) is 5.56 Å². The Morgan fingerprint density at radius 2 is 1.68 bits per heavy atom. The minimum atomic E-state index is -0.364. The fourth-order valence-corrected chi connectivity index (χ4v) is 5.33. The molecule has 0 aliphatic carbocycles. The molecule has 0 atom stereocenters. The second-order valence-electron chi connectivity index (χ2n) is 9.99. The highest BCUT2D eigenvalue weighted by atomic mass is 79.9. The van der Waals surface area contributed by atoms with Gasteiger partial charge in [-0.2, -0.15) is 0 Å². The van der Waals surface area contributed by atoms with Gasteiger partial charge in [0.1, 0.15) is 0 Å². The molecule has 37 heavy (non-hydrogen) atoms. The van der Waals surface area contributed by atoms with E-state index in [9.17, 15) is 4.79 Å². The number of aromatic nitrogens is 4. The first kappa shape index (κ1) is 23.4. The second kappa shape index (κ2) is 8.85. The number of fused-ring (bicyclic) bond motifs is 8. The van der Waals surface area contributed by atoms with Crippen LogP contribution in [0.25, 0.3) is 45.3 Å². The van der Waals surface area contributed by atoms with Gasteiger partial charge in [-0.1, -0.05) is 26.0 Å². The van der Waals surface area contributed by atoms with Crippen LogP contribution in [0.15, 0.2) is 65.1 Å². The molecule has 184 valence electrons. The van der Waals surface area contributed by atoms with Gasteiger partial charge in [-0.25, -0.2) is 9.78 Å². The van der Waals surface area contributed by atoms with Gasteiger partial charge in [0, 0.05) is 49.8 Å². The fourth-order valence-electron chi connectivity index (χ4n) is 4.89. The van der Waals surface area contributed by atoms with Gasteiger partial charge in [0.05, 0.1) is 29.6 Å². The lowest BCUT2D eigenvalue weighted by Crippen LogP contribution is -2.14. The third kappa shape index (κ3) is 4.40. The fraction of sp³-hybridized carbons (Fsp3) is 0.167. The number of esters is 1. The third-order valence-corrected chi connectivity index (χ3v) is 7.45. The number of rotatable bonds is 2. The van der Waals surface area contributed by atoms with Crippen molar-refractivity contribution in [3.63, 3.8) is 0 Å². The molecular weight excluding hydrogens is 528 g/mol. The Morgan fingerprint density at radius 1 is 0.919 bits per heavy atom. The van der Waals surface area contributed by atoms with E-state index in [1.807, 2.05) is 30.4 Å². The third-order valence-electron chi connectivity index (χ3n) is 6.80. The number of carbonyl (C=O) groups is 1. The highest BCUT2D eigenvalue weighted by Gasteiger charge is 2.28. The van der Waals surface area contributed by atoms with Crippen LogP contribution < -0.4 is 0 Å². The van der Waals surface area contributed by atoms with E-state index in [-0.39, 0.29) is 11.4 Å². The Labute approximate surface area is 222 Å². The molecule has 2 aliphatic rings. The number of hydrogen-bond acceptors (Lipinski definition) is 4. The van der Waals surface area contributed by atoms with Gasteiger partial charge in [-0.3, -0.25) is 4.98 Å². The van der Waals surface area contributed by atoms with Crippen molar-refractivity contribution in [2.75, 3.05) is 7.11 Å². The number of nitrogens with zero attached hydrogens (tertiary/aromatic N) is 2. The molecule has 1 aromatic carbocycles. The van der Waals surface area contributed by atoms with Crippen LogP contribution >= 0.6 is 15.9 Å². The Hall–Kier alpha value is -3.97. The van der Waals surface area contributed by atoms with E-state index in [2.05, 4.69) is 70.1 Å². The predicted octanol–water partition coefficient (Wildman–Crippen LogP) is 7.22. The SMILES string of the molecule is COC(=O)c1ccc(-c2c3nc(cc4ccc(cc5nc(cc6[nH]c2cc6Br)CC5(C)C)[nH]4)C=C3)cc1. The summed E-state index contributed by atoms with van der Waals surface area (Å²) in [6, 6.07) is 19.9. The van der Waals surface area contributed by atoms with Gasteiger partial charge in [-0.05, 0) is 82.2 Å². The number of ether oxygens (including phenoxy) is 1. The number of halogens is 1. The van der Waals surface area contributed by atoms with Crippen molar-refractivity contribution in [1.29, 1.82) is 0 Å². The van der Waals surface area contributed by atoms with Crippen LogP contribution in [0.1, 0.15) is 47.0 Å². The molecule has 2 N–H and O–H groups in total. The van der Waals surface area contributed by atoms with E-state index in [0.717, 1.165) is 66.9 Å². The number of carbonyl (C=O) groups excluding carboxylic acids is 1. The van der Waals surface area contributed by atoms with Crippen LogP contribution in [0.4, 0.5) is 0 Å². The van der Waals surface area contributed by atoms with Crippen LogP contribution in [-0.4, -0.2) is 33.0 Å². The first-order valence-corrected chi connectivity index (χ1v) is 12.9. The van der Waals surface area contributed by atoms with E-state index in [1.165, 1.54) is 7.11 Å². The first-order chi connectivity index (χ1) is 17.8. The standard InChI is InChI=1S/C30H25BrN4O2/c1-30(2)16-22-13-25-23(31)15-26(35-25)28(17-4-6-18(7-5-17)29(36)37-3)24-11-10-20(33-24)12-19-8-9-21(32-19)14-27(30)34-22/h4-15,32,35H,16H2,1-3H3.